The number of hydrogen-bond acceptors (Lipinski definition) is 2. The monoisotopic (exact) mass is 187 g/mol. The molecule has 2 heterocycles. The van der Waals surface area contributed by atoms with Gasteiger partial charge in [0.15, 0.2) is 0 Å². The van der Waals surface area contributed by atoms with Crippen LogP contribution in [0, 0.1) is 0 Å². The molecule has 0 spiro atoms. The number of imidazole rings is 1. The number of nitrogens with zero attached hydrogens (tertiary/aromatic N) is 2. The van der Waals surface area contributed by atoms with Crippen molar-refractivity contribution >= 4 is 11.7 Å². The highest BCUT2D eigenvalue weighted by Gasteiger charge is 1.95. The number of hydrogen-bond donors (Lipinski definition) is 1. The zero-order chi connectivity index (χ0) is 9.80. The van der Waals surface area contributed by atoms with E-state index in [4.69, 9.17) is 0 Å². The topological polar surface area (TPSA) is 29.3 Å². The van der Waals surface area contributed by atoms with Gasteiger partial charge in [0, 0.05) is 18.9 Å². The molecule has 72 valence electrons. The first kappa shape index (κ1) is 8.97. The molecule has 0 aliphatic carbocycles. The molecule has 2 rings (SSSR count). The Morgan fingerprint density at radius 3 is 3.21 bits per heavy atom. The van der Waals surface area contributed by atoms with Crippen LogP contribution in [0.4, 0.5) is 0 Å². The predicted molar refractivity (Wildman–Crippen MR) is 58.2 cm³/mol. The standard InChI is InChI=1S/C11H13N3/c1-12-7-4-5-10-9-14-8-3-2-6-11(14)13-10/h2-6,8-9,12H,7H2,1H3. The summed E-state index contributed by atoms with van der Waals surface area (Å²) < 4.78 is 2.01. The number of pyridine rings is 1. The van der Waals surface area contributed by atoms with E-state index in [2.05, 4.69) is 16.4 Å². The van der Waals surface area contributed by atoms with Gasteiger partial charge in [-0.05, 0) is 25.3 Å². The molecule has 0 aliphatic rings. The number of nitrogens with one attached hydrogen (secondary N) is 1. The highest BCUT2D eigenvalue weighted by Crippen LogP contribution is 2.05. The maximum atomic E-state index is 4.43. The smallest absolute Gasteiger partial charge is 0.137 e. The Hall–Kier alpha value is -1.61. The Balaban J connectivity index is 2.27. The molecule has 3 nitrogen and oxygen atoms in total. The Kier molecular flexibility index (Phi) is 2.60. The van der Waals surface area contributed by atoms with Crippen LogP contribution in [0.1, 0.15) is 5.69 Å². The van der Waals surface area contributed by atoms with Crippen molar-refractivity contribution in [3.8, 4) is 0 Å². The summed E-state index contributed by atoms with van der Waals surface area (Å²) in [5.74, 6) is 0. The third-order valence-corrected chi connectivity index (χ3v) is 1.99. The van der Waals surface area contributed by atoms with Crippen LogP contribution >= 0.6 is 0 Å². The first-order valence-electron chi connectivity index (χ1n) is 4.65. The molecule has 0 fully saturated rings. The summed E-state index contributed by atoms with van der Waals surface area (Å²) in [5.41, 5.74) is 1.98. The van der Waals surface area contributed by atoms with Crippen LogP contribution in [0.3, 0.4) is 0 Å². The fourth-order valence-corrected chi connectivity index (χ4v) is 1.33. The van der Waals surface area contributed by atoms with Crippen LogP contribution in [0.25, 0.3) is 11.7 Å². The summed E-state index contributed by atoms with van der Waals surface area (Å²) in [6.07, 6.45) is 8.09. The van der Waals surface area contributed by atoms with Gasteiger partial charge in [0.2, 0.25) is 0 Å². The fraction of sp³-hybridized carbons (Fsp3) is 0.182. The third kappa shape index (κ3) is 1.83. The van der Waals surface area contributed by atoms with E-state index < -0.39 is 0 Å². The number of likely N-dealkylation sites (N-methyl/N-ethyl adjacent to an activating group) is 1. The average molecular weight is 187 g/mol. The lowest BCUT2D eigenvalue weighted by Gasteiger charge is -1.86. The summed E-state index contributed by atoms with van der Waals surface area (Å²) in [4.78, 5) is 4.43. The molecular formula is C11H13N3. The van der Waals surface area contributed by atoms with Gasteiger partial charge in [-0.3, -0.25) is 0 Å². The average Bonchev–Trinajstić information content (AvgIpc) is 2.60. The Morgan fingerprint density at radius 2 is 2.43 bits per heavy atom. The molecule has 0 atom stereocenters. The van der Waals surface area contributed by atoms with Crippen LogP contribution in [-0.4, -0.2) is 23.0 Å². The summed E-state index contributed by atoms with van der Waals surface area (Å²) in [6, 6.07) is 5.98. The summed E-state index contributed by atoms with van der Waals surface area (Å²) in [7, 11) is 1.92. The van der Waals surface area contributed by atoms with E-state index in [-0.39, 0.29) is 0 Å². The Bertz CT molecular complexity index is 409. The van der Waals surface area contributed by atoms with Crippen LogP contribution in [0.15, 0.2) is 36.7 Å². The highest BCUT2D eigenvalue weighted by atomic mass is 15.0. The van der Waals surface area contributed by atoms with Crippen molar-refractivity contribution in [1.29, 1.82) is 0 Å². The van der Waals surface area contributed by atoms with E-state index >= 15 is 0 Å². The van der Waals surface area contributed by atoms with E-state index in [0.29, 0.717) is 0 Å². The van der Waals surface area contributed by atoms with Gasteiger partial charge in [-0.15, -0.1) is 0 Å². The van der Waals surface area contributed by atoms with Gasteiger partial charge >= 0.3 is 0 Å². The second kappa shape index (κ2) is 4.07. The Labute approximate surface area is 83.1 Å². The van der Waals surface area contributed by atoms with E-state index in [1.807, 2.05) is 48.1 Å². The van der Waals surface area contributed by atoms with Crippen LogP contribution in [-0.2, 0) is 0 Å². The van der Waals surface area contributed by atoms with Crippen molar-refractivity contribution in [3.63, 3.8) is 0 Å². The maximum Gasteiger partial charge on any atom is 0.137 e. The van der Waals surface area contributed by atoms with Gasteiger partial charge in [-0.25, -0.2) is 4.98 Å². The summed E-state index contributed by atoms with van der Waals surface area (Å²) in [6.45, 7) is 0.869. The normalized spacial score (nSPS) is 11.5. The lowest BCUT2D eigenvalue weighted by Crippen LogP contribution is -2.03. The van der Waals surface area contributed by atoms with Crippen molar-refractivity contribution in [1.82, 2.24) is 14.7 Å². The van der Waals surface area contributed by atoms with Gasteiger partial charge in [-0.1, -0.05) is 12.1 Å². The van der Waals surface area contributed by atoms with Crippen LogP contribution in [0.5, 0.6) is 0 Å². The van der Waals surface area contributed by atoms with E-state index in [9.17, 15) is 0 Å². The lowest BCUT2D eigenvalue weighted by atomic mass is 10.4. The van der Waals surface area contributed by atoms with Gasteiger partial charge in [0.05, 0.1) is 5.69 Å². The first-order chi connectivity index (χ1) is 6.90. The highest BCUT2D eigenvalue weighted by molar-refractivity contribution is 5.51. The predicted octanol–water partition coefficient (Wildman–Crippen LogP) is 1.57. The molecule has 0 saturated heterocycles. The van der Waals surface area contributed by atoms with E-state index in [1.165, 1.54) is 0 Å². The summed E-state index contributed by atoms with van der Waals surface area (Å²) in [5, 5.41) is 3.05. The zero-order valence-corrected chi connectivity index (χ0v) is 8.14. The van der Waals surface area contributed by atoms with Crippen molar-refractivity contribution in [2.75, 3.05) is 13.6 Å². The van der Waals surface area contributed by atoms with E-state index in [0.717, 1.165) is 17.9 Å². The molecule has 0 radical (unpaired) electrons. The minimum absolute atomic E-state index is 0.869. The van der Waals surface area contributed by atoms with Crippen molar-refractivity contribution in [3.05, 3.63) is 42.4 Å². The van der Waals surface area contributed by atoms with Crippen molar-refractivity contribution in [2.24, 2.45) is 0 Å². The molecule has 0 unspecified atom stereocenters. The van der Waals surface area contributed by atoms with Gasteiger partial charge in [0.25, 0.3) is 0 Å². The first-order valence-corrected chi connectivity index (χ1v) is 4.65. The number of aromatic nitrogens is 2. The van der Waals surface area contributed by atoms with E-state index in [1.54, 1.807) is 0 Å². The fourth-order valence-electron chi connectivity index (χ4n) is 1.33. The third-order valence-electron chi connectivity index (χ3n) is 1.99. The molecule has 0 aliphatic heterocycles. The molecule has 2 aromatic heterocycles. The van der Waals surface area contributed by atoms with Crippen LogP contribution in [0.2, 0.25) is 0 Å². The Morgan fingerprint density at radius 1 is 1.50 bits per heavy atom. The minimum Gasteiger partial charge on any atom is -0.316 e. The van der Waals surface area contributed by atoms with Gasteiger partial charge < -0.3 is 9.72 Å². The maximum absolute atomic E-state index is 4.43. The van der Waals surface area contributed by atoms with Gasteiger partial charge in [0.1, 0.15) is 5.65 Å². The molecule has 2 aromatic rings. The quantitative estimate of drug-likeness (QED) is 0.790. The number of rotatable bonds is 3. The zero-order valence-electron chi connectivity index (χ0n) is 8.14. The van der Waals surface area contributed by atoms with Crippen molar-refractivity contribution in [2.45, 2.75) is 0 Å². The molecule has 3 heteroatoms. The SMILES string of the molecule is CNCC=Cc1cn2ccccc2n1. The molecule has 0 saturated carbocycles. The molecular weight excluding hydrogens is 174 g/mol. The van der Waals surface area contributed by atoms with Crippen LogP contribution < -0.4 is 5.32 Å². The van der Waals surface area contributed by atoms with Crippen molar-refractivity contribution < 1.29 is 0 Å². The molecule has 1 N–H and O–H groups in total. The minimum atomic E-state index is 0.869. The molecule has 14 heavy (non-hydrogen) atoms. The second-order valence-electron chi connectivity index (χ2n) is 3.09. The lowest BCUT2D eigenvalue weighted by molar-refractivity contribution is 0.922. The number of fused-ring (bicyclic) bond motifs is 1. The molecule has 0 bridgehead atoms. The molecule has 0 amide bonds. The largest absolute Gasteiger partial charge is 0.316 e. The molecule has 0 aromatic carbocycles. The second-order valence-corrected chi connectivity index (χ2v) is 3.09. The summed E-state index contributed by atoms with van der Waals surface area (Å²) >= 11 is 0. The van der Waals surface area contributed by atoms with Gasteiger partial charge in [-0.2, -0.15) is 0 Å².